The van der Waals surface area contributed by atoms with E-state index in [1.54, 1.807) is 0 Å². The average Bonchev–Trinajstić information content (AvgIpc) is 3.14. The first-order valence-corrected chi connectivity index (χ1v) is 9.48. The van der Waals surface area contributed by atoms with Crippen LogP contribution in [0.4, 0.5) is 0 Å². The number of benzene rings is 1. The van der Waals surface area contributed by atoms with Gasteiger partial charge in [0.15, 0.2) is 6.61 Å². The van der Waals surface area contributed by atoms with Crippen molar-refractivity contribution in [2.75, 3.05) is 6.61 Å². The molecule has 1 atom stereocenters. The zero-order valence-corrected chi connectivity index (χ0v) is 15.7. The molecule has 3 rings (SSSR count). The zero-order chi connectivity index (χ0) is 17.1. The number of esters is 1. The highest BCUT2D eigenvalue weighted by atomic mass is 79.9. The number of nitrogens with one attached hydrogen (secondary N) is 1. The van der Waals surface area contributed by atoms with Gasteiger partial charge < -0.3 is 10.1 Å². The second-order valence-corrected chi connectivity index (χ2v) is 7.79. The van der Waals surface area contributed by atoms with Crippen LogP contribution in [0, 0.1) is 0 Å². The minimum atomic E-state index is -0.418. The lowest BCUT2D eigenvalue weighted by Crippen LogP contribution is -2.31. The van der Waals surface area contributed by atoms with E-state index in [0.717, 1.165) is 29.3 Å². The number of hydrogen-bond acceptors (Lipinski definition) is 4. The molecule has 1 aliphatic rings. The molecule has 4 nitrogen and oxygen atoms in total. The van der Waals surface area contributed by atoms with Crippen LogP contribution < -0.4 is 5.32 Å². The summed E-state index contributed by atoms with van der Waals surface area (Å²) in [5.74, 6) is -0.728. The maximum Gasteiger partial charge on any atom is 0.348 e. The minimum absolute atomic E-state index is 0.169. The number of amides is 1. The third kappa shape index (κ3) is 3.87. The highest BCUT2D eigenvalue weighted by Gasteiger charge is 2.20. The molecule has 0 radical (unpaired) electrons. The van der Waals surface area contributed by atoms with Crippen molar-refractivity contribution < 1.29 is 14.3 Å². The first-order chi connectivity index (χ1) is 11.5. The molecule has 1 aliphatic carbocycles. The monoisotopic (exact) mass is 407 g/mol. The summed E-state index contributed by atoms with van der Waals surface area (Å²) in [5.41, 5.74) is 2.23. The van der Waals surface area contributed by atoms with Crippen LogP contribution in [0.25, 0.3) is 0 Å². The van der Waals surface area contributed by atoms with E-state index in [1.807, 2.05) is 37.3 Å². The summed E-state index contributed by atoms with van der Waals surface area (Å²) in [6.07, 6.45) is 3.23. The fourth-order valence-electron chi connectivity index (χ4n) is 2.82. The van der Waals surface area contributed by atoms with Gasteiger partial charge in [-0.05, 0) is 49.4 Å². The number of carbonyl (C=O) groups excluding carboxylic acids is 2. The Kier molecular flexibility index (Phi) is 5.36. The Bertz CT molecular complexity index is 750. The van der Waals surface area contributed by atoms with Crippen molar-refractivity contribution in [3.63, 3.8) is 0 Å². The molecule has 6 heteroatoms. The van der Waals surface area contributed by atoms with Crippen LogP contribution in [-0.4, -0.2) is 18.5 Å². The molecule has 1 aromatic carbocycles. The van der Waals surface area contributed by atoms with Gasteiger partial charge in [0, 0.05) is 9.35 Å². The predicted octanol–water partition coefficient (Wildman–Crippen LogP) is 4.03. The van der Waals surface area contributed by atoms with Crippen LogP contribution in [-0.2, 0) is 22.4 Å². The Balaban J connectivity index is 1.51. The van der Waals surface area contributed by atoms with Crippen LogP contribution in [0.2, 0.25) is 0 Å². The minimum Gasteiger partial charge on any atom is -0.451 e. The van der Waals surface area contributed by atoms with Gasteiger partial charge in [-0.15, -0.1) is 11.3 Å². The van der Waals surface area contributed by atoms with Gasteiger partial charge in [-0.2, -0.15) is 0 Å². The van der Waals surface area contributed by atoms with E-state index in [2.05, 4.69) is 21.2 Å². The molecule has 1 N–H and O–H groups in total. The van der Waals surface area contributed by atoms with Crippen LogP contribution >= 0.6 is 27.3 Å². The molecular formula is C18H18BrNO3S. The summed E-state index contributed by atoms with van der Waals surface area (Å²) in [7, 11) is 0. The molecule has 0 spiro atoms. The summed E-state index contributed by atoms with van der Waals surface area (Å²) in [6, 6.07) is 9.43. The Morgan fingerprint density at radius 2 is 2.12 bits per heavy atom. The quantitative estimate of drug-likeness (QED) is 0.760. The molecule has 0 saturated carbocycles. The highest BCUT2D eigenvalue weighted by Crippen LogP contribution is 2.30. The number of thiophene rings is 1. The summed E-state index contributed by atoms with van der Waals surface area (Å²) in [5, 5.41) is 2.84. The smallest absolute Gasteiger partial charge is 0.348 e. The molecule has 1 heterocycles. The number of rotatable bonds is 5. The van der Waals surface area contributed by atoms with Gasteiger partial charge in [0.2, 0.25) is 0 Å². The van der Waals surface area contributed by atoms with Gasteiger partial charge in [-0.3, -0.25) is 4.79 Å². The summed E-state index contributed by atoms with van der Waals surface area (Å²) >= 11 is 4.95. The fourth-order valence-corrected chi connectivity index (χ4v) is 4.59. The normalized spacial score (nSPS) is 14.1. The van der Waals surface area contributed by atoms with Crippen molar-refractivity contribution >= 4 is 39.1 Å². The lowest BCUT2D eigenvalue weighted by molar-refractivity contribution is -0.124. The lowest BCUT2D eigenvalue weighted by Gasteiger charge is -2.15. The van der Waals surface area contributed by atoms with E-state index < -0.39 is 5.97 Å². The largest absolute Gasteiger partial charge is 0.451 e. The Morgan fingerprint density at radius 3 is 2.88 bits per heavy atom. The highest BCUT2D eigenvalue weighted by molar-refractivity contribution is 9.10. The molecule has 2 aromatic rings. The zero-order valence-electron chi connectivity index (χ0n) is 13.3. The number of fused-ring (bicyclic) bond motifs is 1. The Labute approximate surface area is 153 Å². The average molecular weight is 408 g/mol. The first kappa shape index (κ1) is 17.2. The lowest BCUT2D eigenvalue weighted by atomic mass is 10.1. The van der Waals surface area contributed by atoms with E-state index >= 15 is 0 Å². The van der Waals surface area contributed by atoms with Gasteiger partial charge >= 0.3 is 5.97 Å². The molecule has 0 aliphatic heterocycles. The number of aryl methyl sites for hydroxylation is 2. The fraction of sp³-hybridized carbons (Fsp3) is 0.333. The molecule has 126 valence electrons. The Morgan fingerprint density at radius 1 is 1.33 bits per heavy atom. The van der Waals surface area contributed by atoms with E-state index in [0.29, 0.717) is 4.88 Å². The van der Waals surface area contributed by atoms with Crippen molar-refractivity contribution in [1.82, 2.24) is 5.32 Å². The first-order valence-electron chi connectivity index (χ1n) is 7.87. The molecule has 0 unspecified atom stereocenters. The third-order valence-electron chi connectivity index (χ3n) is 4.03. The van der Waals surface area contributed by atoms with E-state index in [9.17, 15) is 9.59 Å². The number of halogens is 1. The number of ether oxygens (including phenoxy) is 1. The van der Waals surface area contributed by atoms with Gasteiger partial charge in [0.05, 0.1) is 6.04 Å². The SMILES string of the molecule is C[C@@H](NC(=O)COC(=O)c1cc2c(s1)CCC2)c1ccccc1Br. The second-order valence-electron chi connectivity index (χ2n) is 5.80. The van der Waals surface area contributed by atoms with Gasteiger partial charge in [-0.1, -0.05) is 34.1 Å². The molecular weight excluding hydrogens is 390 g/mol. The summed E-state index contributed by atoms with van der Waals surface area (Å²) in [4.78, 5) is 25.9. The van der Waals surface area contributed by atoms with Gasteiger partial charge in [0.1, 0.15) is 4.88 Å². The number of carbonyl (C=O) groups is 2. The standard InChI is InChI=1S/C18H18BrNO3S/c1-11(13-6-2-3-7-14(13)19)20-17(21)10-23-18(22)16-9-12-5-4-8-15(12)24-16/h2-3,6-7,9,11H,4-5,8,10H2,1H3,(H,20,21)/t11-/m1/s1. The maximum atomic E-state index is 12.1. The van der Waals surface area contributed by atoms with Crippen molar-refractivity contribution in [3.05, 3.63) is 55.7 Å². The topological polar surface area (TPSA) is 55.4 Å². The van der Waals surface area contributed by atoms with Gasteiger partial charge in [-0.25, -0.2) is 4.79 Å². The van der Waals surface area contributed by atoms with Crippen molar-refractivity contribution in [1.29, 1.82) is 0 Å². The van der Waals surface area contributed by atoms with Crippen LogP contribution in [0.1, 0.15) is 45.1 Å². The summed E-state index contributed by atoms with van der Waals surface area (Å²) in [6.45, 7) is 1.62. The molecule has 0 saturated heterocycles. The van der Waals surface area contributed by atoms with Crippen LogP contribution in [0.3, 0.4) is 0 Å². The molecule has 0 bridgehead atoms. The molecule has 24 heavy (non-hydrogen) atoms. The third-order valence-corrected chi connectivity index (χ3v) is 5.97. The van der Waals surface area contributed by atoms with E-state index in [-0.39, 0.29) is 18.6 Å². The maximum absolute atomic E-state index is 12.1. The molecule has 1 amide bonds. The van der Waals surface area contributed by atoms with Crippen molar-refractivity contribution in [2.24, 2.45) is 0 Å². The van der Waals surface area contributed by atoms with Gasteiger partial charge in [0.25, 0.3) is 5.91 Å². The van der Waals surface area contributed by atoms with Crippen LogP contribution in [0.15, 0.2) is 34.8 Å². The van der Waals surface area contributed by atoms with Crippen molar-refractivity contribution in [2.45, 2.75) is 32.2 Å². The molecule has 0 fully saturated rings. The predicted molar refractivity (Wildman–Crippen MR) is 97.3 cm³/mol. The van der Waals surface area contributed by atoms with E-state index in [1.165, 1.54) is 21.8 Å². The second kappa shape index (κ2) is 7.49. The number of hydrogen-bond donors (Lipinski definition) is 1. The summed E-state index contributed by atoms with van der Waals surface area (Å²) < 4.78 is 6.07. The Hall–Kier alpha value is -1.66. The van der Waals surface area contributed by atoms with Crippen LogP contribution in [0.5, 0.6) is 0 Å². The van der Waals surface area contributed by atoms with E-state index in [4.69, 9.17) is 4.74 Å². The van der Waals surface area contributed by atoms with Crippen molar-refractivity contribution in [3.8, 4) is 0 Å². The molecule has 1 aromatic heterocycles.